The lowest BCUT2D eigenvalue weighted by Gasteiger charge is -2.44. The molecule has 2 heteroatoms. The van der Waals surface area contributed by atoms with Gasteiger partial charge in [0.25, 0.3) is 0 Å². The SMILES string of the molecule is CC.CC.CC(C)(C)CC(C)(C)N1CCNCC1. The third-order valence-electron chi connectivity index (χ3n) is 2.94. The monoisotopic (exact) mass is 258 g/mol. The summed E-state index contributed by atoms with van der Waals surface area (Å²) in [5.41, 5.74) is 0.773. The number of nitrogens with one attached hydrogen (secondary N) is 1. The van der Waals surface area contributed by atoms with Crippen molar-refractivity contribution in [3.05, 3.63) is 0 Å². The minimum Gasteiger partial charge on any atom is -0.314 e. The Balaban J connectivity index is 0. The molecule has 1 heterocycles. The molecule has 1 rings (SSSR count). The molecule has 0 spiro atoms. The Morgan fingerprint density at radius 1 is 0.833 bits per heavy atom. The lowest BCUT2D eigenvalue weighted by atomic mass is 9.80. The van der Waals surface area contributed by atoms with Crippen molar-refractivity contribution in [1.82, 2.24) is 10.2 Å². The van der Waals surface area contributed by atoms with Crippen molar-refractivity contribution in [3.63, 3.8) is 0 Å². The molecule has 0 atom stereocenters. The summed E-state index contributed by atoms with van der Waals surface area (Å²) in [5, 5.41) is 3.41. The van der Waals surface area contributed by atoms with Crippen LogP contribution in [0, 0.1) is 5.41 Å². The molecule has 1 aliphatic rings. The Bertz CT molecular complexity index is 174. The van der Waals surface area contributed by atoms with Gasteiger partial charge in [-0.2, -0.15) is 0 Å². The summed E-state index contributed by atoms with van der Waals surface area (Å²) < 4.78 is 0. The summed E-state index contributed by atoms with van der Waals surface area (Å²) in [7, 11) is 0. The number of nitrogens with zero attached hydrogens (tertiary/aromatic N) is 1. The Kier molecular flexibility index (Phi) is 11.0. The second-order valence-electron chi connectivity index (χ2n) is 6.29. The first kappa shape index (κ1) is 20.2. The van der Waals surface area contributed by atoms with Gasteiger partial charge >= 0.3 is 0 Å². The minimum atomic E-state index is 0.348. The standard InChI is InChI=1S/C12H26N2.2C2H6/c1-11(2,3)10-12(4,5)14-8-6-13-7-9-14;2*1-2/h13H,6-10H2,1-5H3;2*1-2H3. The fourth-order valence-electron chi connectivity index (χ4n) is 2.68. The first-order chi connectivity index (χ1) is 8.31. The smallest absolute Gasteiger partial charge is 0.0159 e. The number of piperazine rings is 1. The number of rotatable bonds is 2. The second-order valence-corrected chi connectivity index (χ2v) is 6.29. The Labute approximate surface area is 117 Å². The van der Waals surface area contributed by atoms with E-state index in [0.29, 0.717) is 11.0 Å². The van der Waals surface area contributed by atoms with Gasteiger partial charge in [0.2, 0.25) is 0 Å². The van der Waals surface area contributed by atoms with Crippen LogP contribution < -0.4 is 5.32 Å². The van der Waals surface area contributed by atoms with Gasteiger partial charge in [-0.05, 0) is 25.7 Å². The summed E-state index contributed by atoms with van der Waals surface area (Å²) >= 11 is 0. The minimum absolute atomic E-state index is 0.348. The van der Waals surface area contributed by atoms with Crippen molar-refractivity contribution in [2.75, 3.05) is 26.2 Å². The Hall–Kier alpha value is -0.0800. The van der Waals surface area contributed by atoms with Crippen molar-refractivity contribution in [2.24, 2.45) is 5.41 Å². The van der Waals surface area contributed by atoms with Crippen LogP contribution in [0.2, 0.25) is 0 Å². The highest BCUT2D eigenvalue weighted by atomic mass is 15.2. The zero-order chi connectivity index (χ0) is 14.8. The zero-order valence-corrected chi connectivity index (χ0v) is 14.5. The predicted octanol–water partition coefficient (Wildman–Crippen LogP) is 4.16. The molecule has 0 bridgehead atoms. The molecule has 0 aromatic rings. The number of hydrogen-bond acceptors (Lipinski definition) is 2. The van der Waals surface area contributed by atoms with Crippen molar-refractivity contribution in [2.45, 2.75) is 74.3 Å². The lowest BCUT2D eigenvalue weighted by Crippen LogP contribution is -2.54. The molecule has 2 nitrogen and oxygen atoms in total. The maximum atomic E-state index is 3.41. The van der Waals surface area contributed by atoms with E-state index in [0.717, 1.165) is 13.1 Å². The molecule has 0 amide bonds. The van der Waals surface area contributed by atoms with E-state index in [1.807, 2.05) is 27.7 Å². The van der Waals surface area contributed by atoms with Crippen molar-refractivity contribution in [3.8, 4) is 0 Å². The van der Waals surface area contributed by atoms with Gasteiger partial charge in [0, 0.05) is 31.7 Å². The molecule has 0 aromatic carbocycles. The zero-order valence-electron chi connectivity index (χ0n) is 14.5. The third-order valence-corrected chi connectivity index (χ3v) is 2.94. The van der Waals surface area contributed by atoms with E-state index in [4.69, 9.17) is 0 Å². The van der Waals surface area contributed by atoms with E-state index in [9.17, 15) is 0 Å². The van der Waals surface area contributed by atoms with Crippen LogP contribution in [0.4, 0.5) is 0 Å². The third kappa shape index (κ3) is 8.93. The van der Waals surface area contributed by atoms with Gasteiger partial charge in [-0.3, -0.25) is 4.90 Å². The molecule has 1 fully saturated rings. The van der Waals surface area contributed by atoms with Crippen LogP contribution in [-0.2, 0) is 0 Å². The highest BCUT2D eigenvalue weighted by molar-refractivity contribution is 4.88. The summed E-state index contributed by atoms with van der Waals surface area (Å²) in [6.07, 6.45) is 1.26. The molecule has 0 aliphatic carbocycles. The first-order valence-electron chi connectivity index (χ1n) is 7.77. The summed E-state index contributed by atoms with van der Waals surface area (Å²) in [6, 6.07) is 0. The van der Waals surface area contributed by atoms with Crippen molar-refractivity contribution >= 4 is 0 Å². The molecular weight excluding hydrogens is 220 g/mol. The summed E-state index contributed by atoms with van der Waals surface area (Å²) in [4.78, 5) is 2.62. The van der Waals surface area contributed by atoms with Crippen LogP contribution in [0.25, 0.3) is 0 Å². The van der Waals surface area contributed by atoms with Crippen molar-refractivity contribution < 1.29 is 0 Å². The second kappa shape index (κ2) is 9.80. The highest BCUT2D eigenvalue weighted by Gasteiger charge is 2.31. The van der Waals surface area contributed by atoms with Gasteiger partial charge in [0.15, 0.2) is 0 Å². The van der Waals surface area contributed by atoms with Gasteiger partial charge in [-0.15, -0.1) is 0 Å². The maximum Gasteiger partial charge on any atom is 0.0159 e. The van der Waals surface area contributed by atoms with E-state index in [1.54, 1.807) is 0 Å². The largest absolute Gasteiger partial charge is 0.314 e. The quantitative estimate of drug-likeness (QED) is 0.800. The maximum absolute atomic E-state index is 3.41. The van der Waals surface area contributed by atoms with Crippen LogP contribution >= 0.6 is 0 Å². The average molecular weight is 258 g/mol. The molecule has 1 saturated heterocycles. The molecule has 0 aromatic heterocycles. The molecule has 18 heavy (non-hydrogen) atoms. The van der Waals surface area contributed by atoms with Gasteiger partial charge < -0.3 is 5.32 Å². The van der Waals surface area contributed by atoms with Gasteiger partial charge in [0.1, 0.15) is 0 Å². The normalized spacial score (nSPS) is 17.2. The number of hydrogen-bond donors (Lipinski definition) is 1. The fourth-order valence-corrected chi connectivity index (χ4v) is 2.68. The molecular formula is C16H38N2. The van der Waals surface area contributed by atoms with Gasteiger partial charge in [-0.1, -0.05) is 48.5 Å². The van der Waals surface area contributed by atoms with Crippen LogP contribution in [0.3, 0.4) is 0 Å². The predicted molar refractivity (Wildman–Crippen MR) is 85.3 cm³/mol. The van der Waals surface area contributed by atoms with Crippen molar-refractivity contribution in [1.29, 1.82) is 0 Å². The molecule has 0 unspecified atom stereocenters. The summed E-state index contributed by atoms with van der Waals surface area (Å²) in [5.74, 6) is 0. The summed E-state index contributed by atoms with van der Waals surface area (Å²) in [6.45, 7) is 24.4. The van der Waals surface area contributed by atoms with Gasteiger partial charge in [-0.25, -0.2) is 0 Å². The molecule has 1 aliphatic heterocycles. The molecule has 112 valence electrons. The Morgan fingerprint density at radius 2 is 1.22 bits per heavy atom. The van der Waals surface area contributed by atoms with E-state index >= 15 is 0 Å². The topological polar surface area (TPSA) is 15.3 Å². The lowest BCUT2D eigenvalue weighted by molar-refractivity contribution is 0.0656. The molecule has 0 saturated carbocycles. The highest BCUT2D eigenvalue weighted by Crippen LogP contribution is 2.31. The molecule has 1 N–H and O–H groups in total. The van der Waals surface area contributed by atoms with Crippen LogP contribution in [0.15, 0.2) is 0 Å². The van der Waals surface area contributed by atoms with Crippen LogP contribution in [0.5, 0.6) is 0 Å². The van der Waals surface area contributed by atoms with E-state index in [-0.39, 0.29) is 0 Å². The van der Waals surface area contributed by atoms with E-state index in [1.165, 1.54) is 19.5 Å². The van der Waals surface area contributed by atoms with Crippen LogP contribution in [-0.4, -0.2) is 36.6 Å². The van der Waals surface area contributed by atoms with Gasteiger partial charge in [0.05, 0.1) is 0 Å². The molecule has 0 radical (unpaired) electrons. The Morgan fingerprint density at radius 3 is 1.56 bits per heavy atom. The first-order valence-corrected chi connectivity index (χ1v) is 7.77. The van der Waals surface area contributed by atoms with E-state index in [2.05, 4.69) is 44.8 Å². The van der Waals surface area contributed by atoms with E-state index < -0.39 is 0 Å². The fraction of sp³-hybridized carbons (Fsp3) is 1.00. The average Bonchev–Trinajstić information content (AvgIpc) is 2.32. The van der Waals surface area contributed by atoms with Crippen LogP contribution in [0.1, 0.15) is 68.7 Å².